The van der Waals surface area contributed by atoms with Crippen molar-refractivity contribution in [1.29, 1.82) is 0 Å². The number of hydrogen-bond donors (Lipinski definition) is 1. The summed E-state index contributed by atoms with van der Waals surface area (Å²) in [5.41, 5.74) is 4.46. The Hall–Kier alpha value is -0.920. The summed E-state index contributed by atoms with van der Waals surface area (Å²) in [6.07, 6.45) is -4.73. The van der Waals surface area contributed by atoms with Gasteiger partial charge in [-0.2, -0.15) is 13.2 Å². The van der Waals surface area contributed by atoms with Crippen LogP contribution in [0.5, 0.6) is 0 Å². The molecule has 0 aliphatic heterocycles. The van der Waals surface area contributed by atoms with Crippen LogP contribution in [0.25, 0.3) is 0 Å². The molecule has 0 amide bonds. The number of rotatable bonds is 2. The Balaban J connectivity index is 2.51. The Morgan fingerprint density at radius 1 is 1.30 bits per heavy atom. The van der Waals surface area contributed by atoms with Gasteiger partial charge in [-0.05, 0) is 35.0 Å². The Bertz CT molecular complexity index is 636. The number of hydrogen-bond acceptors (Lipinski definition) is 2. The third-order valence-corrected chi connectivity index (χ3v) is 4.84. The molecule has 2 rings (SSSR count). The van der Waals surface area contributed by atoms with E-state index in [1.807, 2.05) is 6.92 Å². The van der Waals surface area contributed by atoms with Crippen LogP contribution in [0.3, 0.4) is 0 Å². The van der Waals surface area contributed by atoms with Gasteiger partial charge in [0, 0.05) is 19.8 Å². The second-order valence-electron chi connectivity index (χ2n) is 4.25. The van der Waals surface area contributed by atoms with E-state index in [2.05, 4.69) is 15.9 Å². The molecule has 0 fully saturated rings. The number of benzene rings is 1. The molecule has 1 aromatic carbocycles. The second-order valence-corrected chi connectivity index (χ2v) is 6.40. The molecule has 1 atom stereocenters. The van der Waals surface area contributed by atoms with E-state index >= 15 is 0 Å². The predicted octanol–water partition coefficient (Wildman–Crippen LogP) is 5.03. The van der Waals surface area contributed by atoms with Crippen molar-refractivity contribution in [3.05, 3.63) is 55.4 Å². The molecule has 0 radical (unpaired) electrons. The molecule has 0 spiro atoms. The molecule has 0 saturated heterocycles. The second kappa shape index (κ2) is 5.46. The number of halogens is 5. The third-order valence-electron chi connectivity index (χ3n) is 2.79. The van der Waals surface area contributed by atoms with Gasteiger partial charge in [-0.25, -0.2) is 4.39 Å². The maximum absolute atomic E-state index is 14.0. The third kappa shape index (κ3) is 2.89. The molecule has 0 aliphatic carbocycles. The number of thiophene rings is 1. The fraction of sp³-hybridized carbons (Fsp3) is 0.231. The van der Waals surface area contributed by atoms with E-state index in [0.717, 1.165) is 10.9 Å². The van der Waals surface area contributed by atoms with Crippen LogP contribution < -0.4 is 5.73 Å². The highest BCUT2D eigenvalue weighted by molar-refractivity contribution is 9.10. The average Bonchev–Trinajstić information content (AvgIpc) is 2.66. The summed E-state index contributed by atoms with van der Waals surface area (Å²) < 4.78 is 52.8. The van der Waals surface area contributed by atoms with Crippen LogP contribution in [0, 0.1) is 12.7 Å². The highest BCUT2D eigenvalue weighted by Crippen LogP contribution is 2.38. The number of aryl methyl sites for hydroxylation is 1. The lowest BCUT2D eigenvalue weighted by Crippen LogP contribution is -2.16. The summed E-state index contributed by atoms with van der Waals surface area (Å²) in [5.74, 6) is -1.31. The molecular weight excluding hydrogens is 358 g/mol. The predicted molar refractivity (Wildman–Crippen MR) is 74.2 cm³/mol. The molecule has 1 unspecified atom stereocenters. The van der Waals surface area contributed by atoms with Crippen LogP contribution in [0.2, 0.25) is 0 Å². The summed E-state index contributed by atoms with van der Waals surface area (Å²) >= 11 is 4.60. The van der Waals surface area contributed by atoms with Crippen LogP contribution in [0.4, 0.5) is 17.6 Å². The van der Waals surface area contributed by atoms with Gasteiger partial charge in [-0.3, -0.25) is 0 Å². The largest absolute Gasteiger partial charge is 0.419 e. The van der Waals surface area contributed by atoms with Gasteiger partial charge in [0.25, 0.3) is 0 Å². The van der Waals surface area contributed by atoms with Crippen LogP contribution in [-0.2, 0) is 6.18 Å². The lowest BCUT2D eigenvalue weighted by atomic mass is 10.0. The Morgan fingerprint density at radius 2 is 1.95 bits per heavy atom. The summed E-state index contributed by atoms with van der Waals surface area (Å²) in [5, 5.41) is 0. The maximum atomic E-state index is 14.0. The quantitative estimate of drug-likeness (QED) is 0.740. The van der Waals surface area contributed by atoms with Crippen LogP contribution >= 0.6 is 27.3 Å². The van der Waals surface area contributed by atoms with Gasteiger partial charge >= 0.3 is 6.18 Å². The zero-order valence-electron chi connectivity index (χ0n) is 10.3. The minimum atomic E-state index is -4.73. The van der Waals surface area contributed by atoms with Crippen LogP contribution in [0.1, 0.15) is 26.9 Å². The van der Waals surface area contributed by atoms with Gasteiger partial charge in [0.15, 0.2) is 0 Å². The SMILES string of the molecule is Cc1cc(Br)c(C(N)c2cccc(C(F)(F)F)c2F)s1. The van der Waals surface area contributed by atoms with Gasteiger partial charge < -0.3 is 5.73 Å². The monoisotopic (exact) mass is 367 g/mol. The van der Waals surface area contributed by atoms with Crippen molar-refractivity contribution in [1.82, 2.24) is 0 Å². The van der Waals surface area contributed by atoms with Crippen LogP contribution in [0.15, 0.2) is 28.7 Å². The zero-order valence-corrected chi connectivity index (χ0v) is 12.7. The summed E-state index contributed by atoms with van der Waals surface area (Å²) in [6.45, 7) is 1.84. The van der Waals surface area contributed by atoms with Crippen molar-refractivity contribution >= 4 is 27.3 Å². The van der Waals surface area contributed by atoms with Crippen molar-refractivity contribution in [2.75, 3.05) is 0 Å². The summed E-state index contributed by atoms with van der Waals surface area (Å²) in [6, 6.07) is 4.00. The van der Waals surface area contributed by atoms with Crippen LogP contribution in [-0.4, -0.2) is 0 Å². The molecule has 2 N–H and O–H groups in total. The normalized spacial score (nSPS) is 13.6. The fourth-order valence-corrected chi connectivity index (χ4v) is 3.78. The average molecular weight is 368 g/mol. The first-order chi connectivity index (χ1) is 9.21. The molecule has 1 aromatic heterocycles. The first-order valence-corrected chi connectivity index (χ1v) is 7.19. The Kier molecular flexibility index (Phi) is 4.22. The summed E-state index contributed by atoms with van der Waals surface area (Å²) in [4.78, 5) is 1.54. The molecule has 20 heavy (non-hydrogen) atoms. The number of alkyl halides is 3. The molecule has 1 heterocycles. The maximum Gasteiger partial charge on any atom is 0.419 e. The van der Waals surface area contributed by atoms with E-state index in [-0.39, 0.29) is 5.56 Å². The van der Waals surface area contributed by atoms with Gasteiger partial charge in [0.05, 0.1) is 11.6 Å². The Morgan fingerprint density at radius 3 is 2.45 bits per heavy atom. The van der Waals surface area contributed by atoms with Crippen molar-refractivity contribution in [3.63, 3.8) is 0 Å². The summed E-state index contributed by atoms with van der Waals surface area (Å²) in [7, 11) is 0. The minimum absolute atomic E-state index is 0.164. The van der Waals surface area contributed by atoms with Gasteiger partial charge in [-0.1, -0.05) is 12.1 Å². The lowest BCUT2D eigenvalue weighted by molar-refractivity contribution is -0.140. The van der Waals surface area contributed by atoms with E-state index in [1.54, 1.807) is 6.07 Å². The Labute approximate surface area is 125 Å². The fourth-order valence-electron chi connectivity index (χ4n) is 1.86. The molecule has 2 aromatic rings. The molecule has 0 aliphatic rings. The van der Waals surface area contributed by atoms with E-state index in [4.69, 9.17) is 5.73 Å². The molecular formula is C13H10BrF4NS. The van der Waals surface area contributed by atoms with E-state index < -0.39 is 23.6 Å². The van der Waals surface area contributed by atoms with E-state index in [9.17, 15) is 17.6 Å². The highest BCUT2D eigenvalue weighted by atomic mass is 79.9. The van der Waals surface area contributed by atoms with Gasteiger partial charge in [0.2, 0.25) is 0 Å². The molecule has 0 saturated carbocycles. The standard InChI is InChI=1S/C13H10BrF4NS/c1-6-5-9(14)12(20-6)11(19)7-3-2-4-8(10(7)15)13(16,17)18/h2-5,11H,19H2,1H3. The van der Waals surface area contributed by atoms with Crippen molar-refractivity contribution < 1.29 is 17.6 Å². The van der Waals surface area contributed by atoms with Gasteiger partial charge in [-0.15, -0.1) is 11.3 Å². The lowest BCUT2D eigenvalue weighted by Gasteiger charge is -2.15. The smallest absolute Gasteiger partial charge is 0.319 e. The zero-order chi connectivity index (χ0) is 15.1. The molecule has 0 bridgehead atoms. The van der Waals surface area contributed by atoms with Crippen molar-refractivity contribution in [3.8, 4) is 0 Å². The van der Waals surface area contributed by atoms with Gasteiger partial charge in [0.1, 0.15) is 5.82 Å². The molecule has 7 heteroatoms. The topological polar surface area (TPSA) is 26.0 Å². The molecule has 108 valence electrons. The minimum Gasteiger partial charge on any atom is -0.319 e. The van der Waals surface area contributed by atoms with Crippen molar-refractivity contribution in [2.24, 2.45) is 5.73 Å². The first-order valence-electron chi connectivity index (χ1n) is 5.59. The number of nitrogens with two attached hydrogens (primary N) is 1. The van der Waals surface area contributed by atoms with Crippen molar-refractivity contribution in [2.45, 2.75) is 19.1 Å². The first kappa shape index (κ1) is 15.5. The highest BCUT2D eigenvalue weighted by Gasteiger charge is 2.35. The van der Waals surface area contributed by atoms with E-state index in [0.29, 0.717) is 15.4 Å². The molecule has 1 nitrogen and oxygen atoms in total. The van der Waals surface area contributed by atoms with E-state index in [1.165, 1.54) is 17.4 Å².